The number of nitrogens with one attached hydrogen (secondary N) is 1. The van der Waals surface area contributed by atoms with Crippen LogP contribution in [0.1, 0.15) is 27.2 Å². The predicted molar refractivity (Wildman–Crippen MR) is 76.3 cm³/mol. The van der Waals surface area contributed by atoms with Gasteiger partial charge in [-0.05, 0) is 43.2 Å². The van der Waals surface area contributed by atoms with Crippen molar-refractivity contribution in [1.29, 1.82) is 0 Å². The van der Waals surface area contributed by atoms with Crippen LogP contribution in [0.4, 0.5) is 4.39 Å². The number of carbonyl (C=O) groups is 1. The van der Waals surface area contributed by atoms with Crippen molar-refractivity contribution in [3.8, 4) is 0 Å². The minimum Gasteiger partial charge on any atom is -0.348 e. The monoisotopic (exact) mass is 292 g/mol. The molecule has 0 aliphatic heterocycles. The topological polar surface area (TPSA) is 42.0 Å². The van der Waals surface area contributed by atoms with Crippen LogP contribution in [0.2, 0.25) is 5.15 Å². The summed E-state index contributed by atoms with van der Waals surface area (Å²) in [7, 11) is 0. The van der Waals surface area contributed by atoms with Crippen LogP contribution in [-0.2, 0) is 6.54 Å². The summed E-state index contributed by atoms with van der Waals surface area (Å²) >= 11 is 5.81. The van der Waals surface area contributed by atoms with Gasteiger partial charge in [-0.3, -0.25) is 4.79 Å². The summed E-state index contributed by atoms with van der Waals surface area (Å²) in [5, 5.41) is 3.00. The summed E-state index contributed by atoms with van der Waals surface area (Å²) in [6.07, 6.45) is 0. The third-order valence-electron chi connectivity index (χ3n) is 2.87. The smallest absolute Gasteiger partial charge is 0.251 e. The molecule has 0 bridgehead atoms. The van der Waals surface area contributed by atoms with Gasteiger partial charge in [-0.2, -0.15) is 0 Å². The average Bonchev–Trinajstić information content (AvgIpc) is 2.38. The number of benzene rings is 1. The normalized spacial score (nSPS) is 10.4. The van der Waals surface area contributed by atoms with E-state index >= 15 is 0 Å². The molecule has 104 valence electrons. The highest BCUT2D eigenvalue weighted by atomic mass is 35.5. The lowest BCUT2D eigenvalue weighted by Crippen LogP contribution is -2.23. The number of hydrogen-bond donors (Lipinski definition) is 1. The standard InChI is InChI=1S/C15H14ClFN2O/c1-9-3-4-11(6-13(9)17)8-18-15(20)12-5-10(2)19-14(16)7-12/h3-7H,8H2,1-2H3,(H,18,20). The van der Waals surface area contributed by atoms with E-state index in [4.69, 9.17) is 11.6 Å². The molecule has 5 heteroatoms. The van der Waals surface area contributed by atoms with E-state index in [0.29, 0.717) is 22.4 Å². The summed E-state index contributed by atoms with van der Waals surface area (Å²) in [5.74, 6) is -0.544. The largest absolute Gasteiger partial charge is 0.348 e. The van der Waals surface area contributed by atoms with E-state index < -0.39 is 0 Å². The Morgan fingerprint density at radius 1 is 1.30 bits per heavy atom. The first-order chi connectivity index (χ1) is 9.45. The quantitative estimate of drug-likeness (QED) is 0.881. The summed E-state index contributed by atoms with van der Waals surface area (Å²) in [5.41, 5.74) is 2.40. The molecule has 1 aromatic heterocycles. The maximum absolute atomic E-state index is 13.4. The van der Waals surface area contributed by atoms with Gasteiger partial charge >= 0.3 is 0 Å². The van der Waals surface area contributed by atoms with Crippen LogP contribution in [-0.4, -0.2) is 10.9 Å². The fourth-order valence-corrected chi connectivity index (χ4v) is 2.04. The van der Waals surface area contributed by atoms with E-state index in [0.717, 1.165) is 0 Å². The van der Waals surface area contributed by atoms with Crippen molar-refractivity contribution in [3.05, 3.63) is 63.7 Å². The Hall–Kier alpha value is -1.94. The minimum atomic E-state index is -0.278. The molecule has 1 heterocycles. The van der Waals surface area contributed by atoms with Crippen LogP contribution in [0, 0.1) is 19.7 Å². The highest BCUT2D eigenvalue weighted by Gasteiger charge is 2.08. The molecule has 2 aromatic rings. The number of hydrogen-bond acceptors (Lipinski definition) is 2. The van der Waals surface area contributed by atoms with E-state index in [1.807, 2.05) is 0 Å². The molecule has 0 radical (unpaired) electrons. The van der Waals surface area contributed by atoms with Crippen LogP contribution in [0.25, 0.3) is 0 Å². The van der Waals surface area contributed by atoms with Crippen LogP contribution >= 0.6 is 11.6 Å². The molecule has 0 aliphatic carbocycles. The maximum atomic E-state index is 13.4. The zero-order valence-electron chi connectivity index (χ0n) is 11.2. The Kier molecular flexibility index (Phi) is 4.35. The molecule has 20 heavy (non-hydrogen) atoms. The molecule has 0 spiro atoms. The molecule has 0 saturated heterocycles. The van der Waals surface area contributed by atoms with Crippen LogP contribution in [0.3, 0.4) is 0 Å². The summed E-state index contributed by atoms with van der Waals surface area (Å²) in [6, 6.07) is 8.03. The summed E-state index contributed by atoms with van der Waals surface area (Å²) < 4.78 is 13.4. The SMILES string of the molecule is Cc1cc(C(=O)NCc2ccc(C)c(F)c2)cc(Cl)n1. The van der Waals surface area contributed by atoms with Crippen molar-refractivity contribution >= 4 is 17.5 Å². The van der Waals surface area contributed by atoms with Crippen molar-refractivity contribution in [3.63, 3.8) is 0 Å². The molecule has 1 aromatic carbocycles. The van der Waals surface area contributed by atoms with Gasteiger partial charge in [-0.15, -0.1) is 0 Å². The molecule has 2 rings (SSSR count). The highest BCUT2D eigenvalue weighted by molar-refractivity contribution is 6.29. The summed E-state index contributed by atoms with van der Waals surface area (Å²) in [6.45, 7) is 3.71. The van der Waals surface area contributed by atoms with Gasteiger partial charge in [0.25, 0.3) is 5.91 Å². The second-order valence-corrected chi connectivity index (χ2v) is 4.97. The van der Waals surface area contributed by atoms with E-state index in [2.05, 4.69) is 10.3 Å². The number of halogens is 2. The molecule has 0 fully saturated rings. The average molecular weight is 293 g/mol. The number of rotatable bonds is 3. The Morgan fingerprint density at radius 3 is 2.70 bits per heavy atom. The van der Waals surface area contributed by atoms with Crippen molar-refractivity contribution in [2.75, 3.05) is 0 Å². The van der Waals surface area contributed by atoms with Crippen LogP contribution in [0.15, 0.2) is 30.3 Å². The van der Waals surface area contributed by atoms with Crippen LogP contribution < -0.4 is 5.32 Å². The second kappa shape index (κ2) is 6.01. The number of amides is 1. The molecule has 0 atom stereocenters. The summed E-state index contributed by atoms with van der Waals surface area (Å²) in [4.78, 5) is 16.0. The second-order valence-electron chi connectivity index (χ2n) is 4.59. The zero-order chi connectivity index (χ0) is 14.7. The molecule has 1 N–H and O–H groups in total. The molecule has 3 nitrogen and oxygen atoms in total. The molecule has 0 aliphatic rings. The van der Waals surface area contributed by atoms with Crippen molar-refractivity contribution in [1.82, 2.24) is 10.3 Å². The van der Waals surface area contributed by atoms with Crippen LogP contribution in [0.5, 0.6) is 0 Å². The van der Waals surface area contributed by atoms with Gasteiger partial charge in [0.1, 0.15) is 11.0 Å². The third kappa shape index (κ3) is 3.54. The van der Waals surface area contributed by atoms with Crippen molar-refractivity contribution < 1.29 is 9.18 Å². The Labute approximate surface area is 121 Å². The predicted octanol–water partition coefficient (Wildman–Crippen LogP) is 3.42. The van der Waals surface area contributed by atoms with Gasteiger partial charge < -0.3 is 5.32 Å². The molecule has 0 saturated carbocycles. The first-order valence-electron chi connectivity index (χ1n) is 6.13. The van der Waals surface area contributed by atoms with Crippen molar-refractivity contribution in [2.24, 2.45) is 0 Å². The lowest BCUT2D eigenvalue weighted by molar-refractivity contribution is 0.0950. The Bertz CT molecular complexity index is 638. The fourth-order valence-electron chi connectivity index (χ4n) is 1.79. The molecular formula is C15H14ClFN2O. The highest BCUT2D eigenvalue weighted by Crippen LogP contribution is 2.12. The Morgan fingerprint density at radius 2 is 2.05 bits per heavy atom. The lowest BCUT2D eigenvalue weighted by Gasteiger charge is -2.07. The number of aryl methyl sites for hydroxylation is 2. The van der Waals surface area contributed by atoms with Gasteiger partial charge in [0, 0.05) is 17.8 Å². The third-order valence-corrected chi connectivity index (χ3v) is 3.07. The number of carbonyl (C=O) groups excluding carboxylic acids is 1. The molecular weight excluding hydrogens is 279 g/mol. The molecule has 0 unspecified atom stereocenters. The van der Waals surface area contributed by atoms with Gasteiger partial charge in [0.15, 0.2) is 0 Å². The Balaban J connectivity index is 2.06. The van der Waals surface area contributed by atoms with Gasteiger partial charge in [0.05, 0.1) is 0 Å². The zero-order valence-corrected chi connectivity index (χ0v) is 12.0. The number of aromatic nitrogens is 1. The van der Waals surface area contributed by atoms with E-state index in [1.54, 1.807) is 32.0 Å². The molecule has 1 amide bonds. The minimum absolute atomic E-state index is 0.259. The van der Waals surface area contributed by atoms with E-state index in [-0.39, 0.29) is 23.4 Å². The van der Waals surface area contributed by atoms with Crippen molar-refractivity contribution in [2.45, 2.75) is 20.4 Å². The maximum Gasteiger partial charge on any atom is 0.251 e. The number of nitrogens with zero attached hydrogens (tertiary/aromatic N) is 1. The first kappa shape index (κ1) is 14.5. The first-order valence-corrected chi connectivity index (χ1v) is 6.51. The van der Waals surface area contributed by atoms with E-state index in [1.165, 1.54) is 12.1 Å². The van der Waals surface area contributed by atoms with E-state index in [9.17, 15) is 9.18 Å². The number of pyridine rings is 1. The fraction of sp³-hybridized carbons (Fsp3) is 0.200. The van der Waals surface area contributed by atoms with Gasteiger partial charge in [-0.1, -0.05) is 23.7 Å². The van der Waals surface area contributed by atoms with Gasteiger partial charge in [-0.25, -0.2) is 9.37 Å². The van der Waals surface area contributed by atoms with Gasteiger partial charge in [0.2, 0.25) is 0 Å². The lowest BCUT2D eigenvalue weighted by atomic mass is 10.1.